The molecular weight excluding hydrogens is 1160 g/mol. The van der Waals surface area contributed by atoms with E-state index in [1.807, 2.05) is 21.1 Å². The van der Waals surface area contributed by atoms with Gasteiger partial charge in [-0.05, 0) is 89.9 Å². The fourth-order valence-electron chi connectivity index (χ4n) is 11.4. The lowest BCUT2D eigenvalue weighted by Gasteiger charge is -2.28. The minimum atomic E-state index is -4.65. The second-order valence-corrected chi connectivity index (χ2v) is 29.1. The summed E-state index contributed by atoms with van der Waals surface area (Å²) < 4.78 is 34.4. The maximum atomic E-state index is 12.9. The number of unbranched alkanes of at least 4 members (excludes halogenated alkanes) is 45. The number of allylic oxidation sites excluding steroid dienone is 14. The van der Waals surface area contributed by atoms with Gasteiger partial charge in [-0.1, -0.05) is 356 Å². The van der Waals surface area contributed by atoms with Gasteiger partial charge in [0.05, 0.1) is 27.7 Å². The molecule has 0 aliphatic rings. The standard InChI is InChI=1S/C82H150NO8P/c1-6-8-10-12-14-16-18-20-22-24-26-28-30-32-34-36-37-38-39-40-41-42-43-44-45-47-48-50-52-54-56-58-60-62-64-66-68-70-72-74-81(84)88-78-80(79-90-92(86,87)89-77-76-83(3,4)5)91-82(85)75-73-71-69-67-65-63-61-59-57-55-53-51-49-46-35-33-31-29-27-25-23-21-19-17-15-13-11-9-7-2/h9,11,15,17-18,20-21,23-24,26-27,29-30,32,80H,6-8,10,12-14,16,19,22,25,28,31,33-79H2,1-5H3/b11-9-,17-15-,20-18-,23-21-,26-24-,29-27-,32-30-. The quantitative estimate of drug-likeness (QED) is 0.0195. The molecule has 10 heteroatoms. The van der Waals surface area contributed by atoms with Crippen LogP contribution in [0, 0.1) is 0 Å². The summed E-state index contributed by atoms with van der Waals surface area (Å²) in [5, 5.41) is 0. The molecule has 0 bridgehead atoms. The van der Waals surface area contributed by atoms with Crippen molar-refractivity contribution in [3.05, 3.63) is 85.1 Å². The van der Waals surface area contributed by atoms with Crippen LogP contribution in [-0.2, 0) is 32.7 Å². The maximum absolute atomic E-state index is 12.9. The number of rotatable bonds is 73. The van der Waals surface area contributed by atoms with Crippen LogP contribution in [-0.4, -0.2) is 70.0 Å². The molecule has 0 aromatic heterocycles. The van der Waals surface area contributed by atoms with E-state index in [-0.39, 0.29) is 32.0 Å². The summed E-state index contributed by atoms with van der Waals surface area (Å²) in [6.45, 7) is 4.17. The van der Waals surface area contributed by atoms with E-state index >= 15 is 0 Å². The van der Waals surface area contributed by atoms with Crippen LogP contribution >= 0.6 is 7.82 Å². The van der Waals surface area contributed by atoms with Gasteiger partial charge in [0.2, 0.25) is 0 Å². The van der Waals surface area contributed by atoms with Crippen molar-refractivity contribution in [2.24, 2.45) is 0 Å². The lowest BCUT2D eigenvalue weighted by molar-refractivity contribution is -0.870. The van der Waals surface area contributed by atoms with E-state index in [4.69, 9.17) is 18.5 Å². The van der Waals surface area contributed by atoms with Gasteiger partial charge in [-0.15, -0.1) is 0 Å². The van der Waals surface area contributed by atoms with Gasteiger partial charge < -0.3 is 27.9 Å². The van der Waals surface area contributed by atoms with Crippen LogP contribution in [0.5, 0.6) is 0 Å². The van der Waals surface area contributed by atoms with Crippen LogP contribution in [0.15, 0.2) is 85.1 Å². The lowest BCUT2D eigenvalue weighted by atomic mass is 10.0. The van der Waals surface area contributed by atoms with Crippen molar-refractivity contribution in [2.45, 2.75) is 380 Å². The molecule has 0 radical (unpaired) electrons. The summed E-state index contributed by atoms with van der Waals surface area (Å²) in [5.41, 5.74) is 0. The van der Waals surface area contributed by atoms with Gasteiger partial charge in [-0.25, -0.2) is 0 Å². The maximum Gasteiger partial charge on any atom is 0.306 e. The molecule has 0 fully saturated rings. The fourth-order valence-corrected chi connectivity index (χ4v) is 12.2. The van der Waals surface area contributed by atoms with Crippen molar-refractivity contribution in [1.29, 1.82) is 0 Å². The number of carbonyl (C=O) groups is 2. The van der Waals surface area contributed by atoms with Crippen molar-refractivity contribution in [3.63, 3.8) is 0 Å². The first-order valence-corrected chi connectivity index (χ1v) is 40.8. The molecule has 0 aliphatic carbocycles. The van der Waals surface area contributed by atoms with Gasteiger partial charge >= 0.3 is 11.9 Å². The predicted octanol–water partition coefficient (Wildman–Crippen LogP) is 25.4. The number of likely N-dealkylation sites (N-methyl/N-ethyl adjacent to an activating group) is 1. The Morgan fingerprint density at radius 2 is 0.620 bits per heavy atom. The Bertz CT molecular complexity index is 1830. The number of hydrogen-bond acceptors (Lipinski definition) is 8. The number of nitrogens with zero attached hydrogens (tertiary/aromatic N) is 1. The predicted molar refractivity (Wildman–Crippen MR) is 397 cm³/mol. The third kappa shape index (κ3) is 76.2. The Labute approximate surface area is 571 Å². The van der Waals surface area contributed by atoms with Crippen molar-refractivity contribution in [2.75, 3.05) is 47.5 Å². The van der Waals surface area contributed by atoms with Crippen molar-refractivity contribution in [1.82, 2.24) is 0 Å². The van der Waals surface area contributed by atoms with E-state index in [2.05, 4.69) is 98.9 Å². The average molecular weight is 1310 g/mol. The van der Waals surface area contributed by atoms with Crippen molar-refractivity contribution >= 4 is 19.8 Å². The number of hydrogen-bond donors (Lipinski definition) is 0. The molecule has 0 N–H and O–H groups in total. The molecule has 0 saturated heterocycles. The molecule has 0 rings (SSSR count). The second-order valence-electron chi connectivity index (χ2n) is 27.7. The molecule has 0 aliphatic heterocycles. The normalized spacial score (nSPS) is 13.5. The first kappa shape index (κ1) is 89.2. The average Bonchev–Trinajstić information content (AvgIpc) is 2.14. The van der Waals surface area contributed by atoms with Gasteiger partial charge in [0.15, 0.2) is 6.10 Å². The summed E-state index contributed by atoms with van der Waals surface area (Å²) in [7, 11) is 1.18. The molecule has 0 aromatic carbocycles. The Hall–Kier alpha value is -2.81. The Kier molecular flexibility index (Phi) is 70.2. The zero-order chi connectivity index (χ0) is 66.9. The molecule has 0 heterocycles. The van der Waals surface area contributed by atoms with Crippen LogP contribution < -0.4 is 4.89 Å². The van der Waals surface area contributed by atoms with Gasteiger partial charge in [0, 0.05) is 12.8 Å². The molecule has 0 spiro atoms. The van der Waals surface area contributed by atoms with Crippen LogP contribution in [0.4, 0.5) is 0 Å². The van der Waals surface area contributed by atoms with Crippen LogP contribution in [0.1, 0.15) is 373 Å². The number of carbonyl (C=O) groups excluding carboxylic acids is 2. The summed E-state index contributed by atoms with van der Waals surface area (Å²) in [4.78, 5) is 38.2. The number of phosphoric ester groups is 1. The van der Waals surface area contributed by atoms with E-state index in [1.165, 1.54) is 263 Å². The highest BCUT2D eigenvalue weighted by molar-refractivity contribution is 7.45. The van der Waals surface area contributed by atoms with E-state index in [0.717, 1.165) is 77.0 Å². The highest BCUT2D eigenvalue weighted by Gasteiger charge is 2.22. The van der Waals surface area contributed by atoms with Crippen molar-refractivity contribution in [3.8, 4) is 0 Å². The molecule has 0 aromatic rings. The second kappa shape index (κ2) is 72.5. The SMILES string of the molecule is CC/C=C\C/C=C\C/C=C\C/C=C\CCCCCCCCCCCCCCCCCCC(=O)OC(COC(=O)CCCCCCCCCCCCCCCCCCCCCCCCCC/C=C\C/C=C\C/C=C\CCCCCCC)COP(=O)([O-])OCC[N+](C)(C)C. The lowest BCUT2D eigenvalue weighted by Crippen LogP contribution is -2.37. The first-order valence-electron chi connectivity index (χ1n) is 39.3. The molecule has 2 atom stereocenters. The molecule has 536 valence electrons. The highest BCUT2D eigenvalue weighted by atomic mass is 31.2. The Morgan fingerprint density at radius 3 is 0.924 bits per heavy atom. The van der Waals surface area contributed by atoms with Crippen molar-refractivity contribution < 1.29 is 42.1 Å². The van der Waals surface area contributed by atoms with Crippen LogP contribution in [0.3, 0.4) is 0 Å². The molecule has 0 amide bonds. The van der Waals surface area contributed by atoms with Crippen LogP contribution in [0.2, 0.25) is 0 Å². The minimum Gasteiger partial charge on any atom is -0.756 e. The van der Waals surface area contributed by atoms with Gasteiger partial charge in [0.1, 0.15) is 19.8 Å². The first-order chi connectivity index (χ1) is 45.0. The summed E-state index contributed by atoms with van der Waals surface area (Å²) in [6.07, 6.45) is 99.9. The fraction of sp³-hybridized carbons (Fsp3) is 0.805. The third-order valence-corrected chi connectivity index (χ3v) is 18.4. The van der Waals surface area contributed by atoms with E-state index in [0.29, 0.717) is 17.4 Å². The number of phosphoric acid groups is 1. The van der Waals surface area contributed by atoms with Gasteiger partial charge in [-0.3, -0.25) is 14.2 Å². The monoisotopic (exact) mass is 1310 g/mol. The summed E-state index contributed by atoms with van der Waals surface area (Å²) >= 11 is 0. The smallest absolute Gasteiger partial charge is 0.306 e. The molecule has 9 nitrogen and oxygen atoms in total. The zero-order valence-corrected chi connectivity index (χ0v) is 62.1. The summed E-state index contributed by atoms with van der Waals surface area (Å²) in [6, 6.07) is 0. The minimum absolute atomic E-state index is 0.0306. The number of esters is 2. The topological polar surface area (TPSA) is 111 Å². The van der Waals surface area contributed by atoms with Gasteiger partial charge in [0.25, 0.3) is 7.82 Å². The largest absolute Gasteiger partial charge is 0.756 e. The van der Waals surface area contributed by atoms with Crippen LogP contribution in [0.25, 0.3) is 0 Å². The molecule has 2 unspecified atom stereocenters. The zero-order valence-electron chi connectivity index (χ0n) is 61.2. The summed E-state index contributed by atoms with van der Waals surface area (Å²) in [5.74, 6) is -0.816. The highest BCUT2D eigenvalue weighted by Crippen LogP contribution is 2.38. The molecule has 92 heavy (non-hydrogen) atoms. The van der Waals surface area contributed by atoms with E-state index in [9.17, 15) is 19.0 Å². The Morgan fingerprint density at radius 1 is 0.348 bits per heavy atom. The van der Waals surface area contributed by atoms with E-state index in [1.54, 1.807) is 0 Å². The third-order valence-electron chi connectivity index (χ3n) is 17.4. The number of quaternary nitrogens is 1. The molecule has 0 saturated carbocycles. The van der Waals surface area contributed by atoms with Gasteiger partial charge in [-0.2, -0.15) is 0 Å². The Balaban J connectivity index is 3.92. The number of ether oxygens (including phenoxy) is 2. The molecular formula is C82H150NO8P. The van der Waals surface area contributed by atoms with E-state index < -0.39 is 26.5 Å².